The highest BCUT2D eigenvalue weighted by Gasteiger charge is 2.22. The highest BCUT2D eigenvalue weighted by atomic mass is 79.9. The lowest BCUT2D eigenvalue weighted by atomic mass is 10.2. The second kappa shape index (κ2) is 5.29. The van der Waals surface area contributed by atoms with E-state index in [1.807, 2.05) is 11.7 Å². The molecule has 0 fully saturated rings. The van der Waals surface area contributed by atoms with E-state index in [0.29, 0.717) is 0 Å². The van der Waals surface area contributed by atoms with Gasteiger partial charge in [-0.05, 0) is 41.5 Å². The van der Waals surface area contributed by atoms with Crippen LogP contribution in [-0.2, 0) is 7.05 Å². The van der Waals surface area contributed by atoms with Gasteiger partial charge in [-0.2, -0.15) is 0 Å². The van der Waals surface area contributed by atoms with Crippen LogP contribution in [0.25, 0.3) is 0 Å². The molecule has 2 aromatic heterocycles. The second-order valence-corrected chi connectivity index (χ2v) is 5.90. The lowest BCUT2D eigenvalue weighted by Gasteiger charge is -2.16. The standard InChI is InChI=1S/C11H15BrN4S/c1-4-13-9(8-6-5-7(2)17-8)10-11(12)14-15-16(10)3/h5-6,9,13H,4H2,1-3H3. The van der Waals surface area contributed by atoms with E-state index in [1.54, 1.807) is 11.3 Å². The minimum absolute atomic E-state index is 0.146. The number of nitrogens with one attached hydrogen (secondary N) is 1. The molecular formula is C11H15BrN4S. The highest BCUT2D eigenvalue weighted by Crippen LogP contribution is 2.30. The summed E-state index contributed by atoms with van der Waals surface area (Å²) in [5.41, 5.74) is 1.06. The molecule has 0 aliphatic carbocycles. The van der Waals surface area contributed by atoms with Gasteiger partial charge in [0.2, 0.25) is 0 Å². The van der Waals surface area contributed by atoms with Crippen molar-refractivity contribution in [2.24, 2.45) is 7.05 Å². The first-order valence-corrected chi connectivity index (χ1v) is 7.09. The Labute approximate surface area is 113 Å². The molecule has 4 nitrogen and oxygen atoms in total. The van der Waals surface area contributed by atoms with Crippen molar-refractivity contribution >= 4 is 27.3 Å². The molecule has 2 aromatic rings. The smallest absolute Gasteiger partial charge is 0.153 e. The van der Waals surface area contributed by atoms with Gasteiger partial charge in [0.15, 0.2) is 4.60 Å². The predicted molar refractivity (Wildman–Crippen MR) is 73.3 cm³/mol. The van der Waals surface area contributed by atoms with Gasteiger partial charge < -0.3 is 5.32 Å². The van der Waals surface area contributed by atoms with Crippen molar-refractivity contribution in [3.8, 4) is 0 Å². The predicted octanol–water partition coefficient (Wildman–Crippen LogP) is 2.65. The number of rotatable bonds is 4. The molecule has 0 spiro atoms. The van der Waals surface area contributed by atoms with Crippen molar-refractivity contribution in [1.82, 2.24) is 20.3 Å². The van der Waals surface area contributed by atoms with Crippen LogP contribution >= 0.6 is 27.3 Å². The van der Waals surface area contributed by atoms with Crippen LogP contribution in [0, 0.1) is 6.92 Å². The van der Waals surface area contributed by atoms with Gasteiger partial charge in [-0.25, -0.2) is 4.68 Å². The van der Waals surface area contributed by atoms with Crippen molar-refractivity contribution in [2.75, 3.05) is 6.54 Å². The van der Waals surface area contributed by atoms with Crippen molar-refractivity contribution < 1.29 is 0 Å². The average molecular weight is 315 g/mol. The molecule has 0 amide bonds. The van der Waals surface area contributed by atoms with E-state index in [-0.39, 0.29) is 6.04 Å². The third-order valence-electron chi connectivity index (χ3n) is 2.55. The summed E-state index contributed by atoms with van der Waals surface area (Å²) in [5, 5.41) is 11.6. The fourth-order valence-corrected chi connectivity index (χ4v) is 3.30. The Balaban J connectivity index is 2.42. The number of halogens is 1. The second-order valence-electron chi connectivity index (χ2n) is 3.83. The monoisotopic (exact) mass is 314 g/mol. The number of aromatic nitrogens is 3. The number of hydrogen-bond acceptors (Lipinski definition) is 4. The summed E-state index contributed by atoms with van der Waals surface area (Å²) in [4.78, 5) is 2.60. The van der Waals surface area contributed by atoms with E-state index in [4.69, 9.17) is 0 Å². The Kier molecular flexibility index (Phi) is 3.96. The van der Waals surface area contributed by atoms with Gasteiger partial charge in [-0.3, -0.25) is 0 Å². The van der Waals surface area contributed by atoms with Crippen molar-refractivity contribution in [3.05, 3.63) is 32.2 Å². The van der Waals surface area contributed by atoms with Crippen LogP contribution in [0.3, 0.4) is 0 Å². The summed E-state index contributed by atoms with van der Waals surface area (Å²) >= 11 is 5.26. The summed E-state index contributed by atoms with van der Waals surface area (Å²) in [6.45, 7) is 5.12. The molecule has 0 saturated heterocycles. The van der Waals surface area contributed by atoms with Crippen molar-refractivity contribution in [2.45, 2.75) is 19.9 Å². The van der Waals surface area contributed by atoms with Crippen molar-refractivity contribution in [1.29, 1.82) is 0 Å². The fourth-order valence-electron chi connectivity index (χ4n) is 1.79. The van der Waals surface area contributed by atoms with E-state index in [0.717, 1.165) is 16.8 Å². The van der Waals surface area contributed by atoms with E-state index in [9.17, 15) is 0 Å². The molecule has 0 saturated carbocycles. The molecule has 1 atom stereocenters. The minimum atomic E-state index is 0.146. The Bertz CT molecular complexity index is 486. The van der Waals surface area contributed by atoms with Crippen LogP contribution < -0.4 is 5.32 Å². The van der Waals surface area contributed by atoms with Crippen LogP contribution in [0.5, 0.6) is 0 Å². The van der Waals surface area contributed by atoms with E-state index in [2.05, 4.69) is 57.5 Å². The molecule has 92 valence electrons. The molecule has 1 unspecified atom stereocenters. The maximum Gasteiger partial charge on any atom is 0.153 e. The van der Waals surface area contributed by atoms with Crippen LogP contribution in [0.2, 0.25) is 0 Å². The summed E-state index contributed by atoms with van der Waals surface area (Å²) in [7, 11) is 1.91. The normalized spacial score (nSPS) is 12.9. The van der Waals surface area contributed by atoms with Gasteiger partial charge in [0.1, 0.15) is 0 Å². The quantitative estimate of drug-likeness (QED) is 0.943. The van der Waals surface area contributed by atoms with Gasteiger partial charge in [-0.15, -0.1) is 16.4 Å². The number of hydrogen-bond donors (Lipinski definition) is 1. The SMILES string of the molecule is CCNC(c1ccc(C)s1)c1c(Br)nnn1C. The molecule has 2 rings (SSSR count). The zero-order valence-corrected chi connectivity index (χ0v) is 12.5. The molecule has 0 bridgehead atoms. The van der Waals surface area contributed by atoms with Crippen LogP contribution in [0.4, 0.5) is 0 Å². The molecular weight excluding hydrogens is 300 g/mol. The first kappa shape index (κ1) is 12.7. The Morgan fingerprint density at radius 1 is 1.53 bits per heavy atom. The van der Waals surface area contributed by atoms with Gasteiger partial charge in [0.05, 0.1) is 11.7 Å². The number of thiophene rings is 1. The molecule has 1 N–H and O–H groups in total. The lowest BCUT2D eigenvalue weighted by Crippen LogP contribution is -2.23. The maximum atomic E-state index is 4.05. The average Bonchev–Trinajstić information content (AvgIpc) is 2.84. The fraction of sp³-hybridized carbons (Fsp3) is 0.455. The number of nitrogens with zero attached hydrogens (tertiary/aromatic N) is 3. The lowest BCUT2D eigenvalue weighted by molar-refractivity contribution is 0.573. The molecule has 2 heterocycles. The van der Waals surface area contributed by atoms with Gasteiger partial charge in [-0.1, -0.05) is 12.1 Å². The first-order valence-electron chi connectivity index (χ1n) is 5.48. The molecule has 6 heteroatoms. The van der Waals surface area contributed by atoms with Crippen LogP contribution in [0.1, 0.15) is 28.4 Å². The first-order chi connectivity index (χ1) is 8.13. The van der Waals surface area contributed by atoms with Gasteiger partial charge in [0, 0.05) is 16.8 Å². The van der Waals surface area contributed by atoms with E-state index in [1.165, 1.54) is 9.75 Å². The van der Waals surface area contributed by atoms with E-state index >= 15 is 0 Å². The minimum Gasteiger partial charge on any atom is -0.305 e. The number of aryl methyl sites for hydroxylation is 2. The topological polar surface area (TPSA) is 42.7 Å². The zero-order chi connectivity index (χ0) is 12.4. The zero-order valence-electron chi connectivity index (χ0n) is 10.1. The molecule has 17 heavy (non-hydrogen) atoms. The third kappa shape index (κ3) is 2.59. The molecule has 0 radical (unpaired) electrons. The third-order valence-corrected chi connectivity index (χ3v) is 4.18. The largest absolute Gasteiger partial charge is 0.305 e. The summed E-state index contributed by atoms with van der Waals surface area (Å²) < 4.78 is 2.61. The van der Waals surface area contributed by atoms with Gasteiger partial charge in [0.25, 0.3) is 0 Å². The van der Waals surface area contributed by atoms with Crippen LogP contribution in [-0.4, -0.2) is 21.5 Å². The molecule has 0 aliphatic rings. The summed E-state index contributed by atoms with van der Waals surface area (Å²) in [5.74, 6) is 0. The maximum absolute atomic E-state index is 4.05. The Morgan fingerprint density at radius 2 is 2.29 bits per heavy atom. The highest BCUT2D eigenvalue weighted by molar-refractivity contribution is 9.10. The van der Waals surface area contributed by atoms with E-state index < -0.39 is 0 Å². The summed E-state index contributed by atoms with van der Waals surface area (Å²) in [6, 6.07) is 4.45. The Hall–Kier alpha value is -0.720. The van der Waals surface area contributed by atoms with Crippen LogP contribution in [0.15, 0.2) is 16.7 Å². The Morgan fingerprint density at radius 3 is 2.76 bits per heavy atom. The van der Waals surface area contributed by atoms with Gasteiger partial charge >= 0.3 is 0 Å². The van der Waals surface area contributed by atoms with Crippen molar-refractivity contribution in [3.63, 3.8) is 0 Å². The summed E-state index contributed by atoms with van der Waals surface area (Å²) in [6.07, 6.45) is 0. The molecule has 0 aromatic carbocycles. The molecule has 0 aliphatic heterocycles.